The summed E-state index contributed by atoms with van der Waals surface area (Å²) in [6.07, 6.45) is 3.25. The molecule has 0 aromatic carbocycles. The highest BCUT2D eigenvalue weighted by Gasteiger charge is 1.62. The predicted octanol–water partition coefficient (Wildman–Crippen LogP) is 2.06. The van der Waals surface area contributed by atoms with Crippen molar-refractivity contribution in [2.45, 2.75) is 0 Å². The van der Waals surface area contributed by atoms with Gasteiger partial charge in [0.05, 0.1) is 0 Å². The van der Waals surface area contributed by atoms with E-state index in [1.807, 2.05) is 5.40 Å². The molecule has 0 aromatic rings. The molecule has 1 nitrogen and oxygen atoms in total. The van der Waals surface area contributed by atoms with Crippen LogP contribution in [0.3, 0.4) is 0 Å². The molecule has 0 bridgehead atoms. The third-order valence-corrected chi connectivity index (χ3v) is 0.753. The molecule has 0 N–H and O–H groups in total. The molecule has 0 saturated heterocycles. The molecule has 0 fully saturated rings. The largest absolute Gasteiger partial charge is 0.185 e. The lowest BCUT2D eigenvalue weighted by atomic mass is 10.6. The number of thiocyanates is 1. The minimum atomic E-state index is 1.04. The van der Waals surface area contributed by atoms with Gasteiger partial charge in [0.1, 0.15) is 5.40 Å². The Labute approximate surface area is 53.0 Å². The molecule has 0 amide bonds. The summed E-state index contributed by atoms with van der Waals surface area (Å²) < 4.78 is 0. The van der Waals surface area contributed by atoms with E-state index >= 15 is 0 Å². The fraction of sp³-hybridized carbons (Fsp3) is 0. The molecule has 0 aliphatic rings. The Bertz CT molecular complexity index is 158. The van der Waals surface area contributed by atoms with E-state index in [1.165, 1.54) is 0 Å². The van der Waals surface area contributed by atoms with Crippen LogP contribution in [0.25, 0.3) is 0 Å². The van der Waals surface area contributed by atoms with Gasteiger partial charge in [0, 0.05) is 5.41 Å². The van der Waals surface area contributed by atoms with Crippen LogP contribution in [0.2, 0.25) is 0 Å². The van der Waals surface area contributed by atoms with Gasteiger partial charge in [-0.2, -0.15) is 5.26 Å². The fourth-order valence-electron chi connectivity index (χ4n) is 0.168. The van der Waals surface area contributed by atoms with Gasteiger partial charge in [0.15, 0.2) is 0 Å². The van der Waals surface area contributed by atoms with Crippen molar-refractivity contribution < 1.29 is 0 Å². The topological polar surface area (TPSA) is 23.8 Å². The molecule has 0 saturated carbocycles. The number of allylic oxidation sites excluding steroid dienone is 2. The normalized spacial score (nSPS) is 5.88. The van der Waals surface area contributed by atoms with Gasteiger partial charge in [0.2, 0.25) is 0 Å². The molecule has 2 heteroatoms. The molecular weight excluding hydrogens is 118 g/mol. The molecule has 8 heavy (non-hydrogen) atoms. The third kappa shape index (κ3) is 5.10. The zero-order valence-electron chi connectivity index (χ0n) is 4.29. The van der Waals surface area contributed by atoms with Crippen LogP contribution >= 0.6 is 11.8 Å². The van der Waals surface area contributed by atoms with E-state index in [9.17, 15) is 0 Å². The quantitative estimate of drug-likeness (QED) is 0.319. The predicted molar refractivity (Wildman–Crippen MR) is 36.1 cm³/mol. The monoisotopic (exact) mass is 123 g/mol. The summed E-state index contributed by atoms with van der Waals surface area (Å²) >= 11 is 1.04. The summed E-state index contributed by atoms with van der Waals surface area (Å²) in [5.41, 5.74) is 2.71. The van der Waals surface area contributed by atoms with Crippen molar-refractivity contribution in [2.75, 3.05) is 0 Å². The van der Waals surface area contributed by atoms with Crippen molar-refractivity contribution in [2.24, 2.45) is 0 Å². The van der Waals surface area contributed by atoms with Crippen LogP contribution in [-0.4, -0.2) is 0 Å². The van der Waals surface area contributed by atoms with Crippen LogP contribution in [-0.2, 0) is 0 Å². The summed E-state index contributed by atoms with van der Waals surface area (Å²) in [6, 6.07) is 0. The molecule has 0 heterocycles. The van der Waals surface area contributed by atoms with E-state index in [-0.39, 0.29) is 0 Å². The van der Waals surface area contributed by atoms with Gasteiger partial charge >= 0.3 is 0 Å². The first kappa shape index (κ1) is 7.10. The molecule has 0 aromatic heterocycles. The SMILES string of the molecule is C=CC=C=CSC#N. The smallest absolute Gasteiger partial charge is 0.138 e. The van der Waals surface area contributed by atoms with Gasteiger partial charge < -0.3 is 0 Å². The van der Waals surface area contributed by atoms with Crippen molar-refractivity contribution in [3.05, 3.63) is 29.9 Å². The first-order valence-corrected chi connectivity index (χ1v) is 2.86. The van der Waals surface area contributed by atoms with Crippen LogP contribution < -0.4 is 0 Å². The highest BCUT2D eigenvalue weighted by Crippen LogP contribution is 1.93. The first-order chi connectivity index (χ1) is 3.91. The maximum Gasteiger partial charge on any atom is 0.138 e. The highest BCUT2D eigenvalue weighted by atomic mass is 32.2. The van der Waals surface area contributed by atoms with Gasteiger partial charge in [-0.05, 0) is 17.8 Å². The first-order valence-electron chi connectivity index (χ1n) is 1.98. The highest BCUT2D eigenvalue weighted by molar-refractivity contribution is 8.06. The van der Waals surface area contributed by atoms with E-state index in [1.54, 1.807) is 17.6 Å². The Morgan fingerprint density at radius 2 is 2.38 bits per heavy atom. The van der Waals surface area contributed by atoms with Crippen LogP contribution in [0.5, 0.6) is 0 Å². The number of nitrogens with zero attached hydrogens (tertiary/aromatic N) is 1. The Kier molecular flexibility index (Phi) is 5.41. The number of hydrogen-bond donors (Lipinski definition) is 0. The molecule has 0 atom stereocenters. The molecule has 0 aliphatic carbocycles. The van der Waals surface area contributed by atoms with E-state index in [2.05, 4.69) is 12.3 Å². The van der Waals surface area contributed by atoms with Crippen molar-refractivity contribution in [1.82, 2.24) is 0 Å². The van der Waals surface area contributed by atoms with Gasteiger partial charge in [-0.3, -0.25) is 0 Å². The summed E-state index contributed by atoms with van der Waals surface area (Å²) in [7, 11) is 0. The van der Waals surface area contributed by atoms with Crippen LogP contribution in [0.4, 0.5) is 0 Å². The molecule has 0 aliphatic heterocycles. The maximum atomic E-state index is 7.97. The third-order valence-electron chi connectivity index (χ3n) is 0.394. The summed E-state index contributed by atoms with van der Waals surface area (Å²) in [6.45, 7) is 3.43. The molecular formula is C6H5NS. The van der Waals surface area contributed by atoms with Gasteiger partial charge in [0.25, 0.3) is 0 Å². The second-order valence-corrected chi connectivity index (χ2v) is 1.55. The summed E-state index contributed by atoms with van der Waals surface area (Å²) in [4.78, 5) is 0. The van der Waals surface area contributed by atoms with Crippen LogP contribution in [0, 0.1) is 10.7 Å². The van der Waals surface area contributed by atoms with E-state index < -0.39 is 0 Å². The second-order valence-electron chi connectivity index (χ2n) is 0.896. The van der Waals surface area contributed by atoms with Crippen LogP contribution in [0.1, 0.15) is 0 Å². The summed E-state index contributed by atoms with van der Waals surface area (Å²) in [5.74, 6) is 0. The molecule has 0 rings (SSSR count). The van der Waals surface area contributed by atoms with Gasteiger partial charge in [-0.1, -0.05) is 12.7 Å². The fourth-order valence-corrected chi connectivity index (χ4v) is 0.367. The Hall–Kier alpha value is -0.900. The van der Waals surface area contributed by atoms with Gasteiger partial charge in [-0.15, -0.1) is 5.73 Å². The lowest BCUT2D eigenvalue weighted by molar-refractivity contribution is 1.57. The second kappa shape index (κ2) is 6.10. The molecule has 0 spiro atoms. The average Bonchev–Trinajstić information content (AvgIpc) is 1.81. The van der Waals surface area contributed by atoms with Gasteiger partial charge in [-0.25, -0.2) is 0 Å². The Morgan fingerprint density at radius 3 is 2.88 bits per heavy atom. The van der Waals surface area contributed by atoms with Crippen molar-refractivity contribution in [1.29, 1.82) is 5.26 Å². The zero-order chi connectivity index (χ0) is 6.24. The average molecular weight is 123 g/mol. The minimum Gasteiger partial charge on any atom is -0.185 e. The number of thioether (sulfide) groups is 1. The van der Waals surface area contributed by atoms with Crippen molar-refractivity contribution >= 4 is 11.8 Å². The standard InChI is InChI=1S/C6H5NS/c1-2-3-4-5-8-6-7/h2-3,5H,1H2. The number of hydrogen-bond acceptors (Lipinski definition) is 2. The van der Waals surface area contributed by atoms with E-state index in [0.717, 1.165) is 11.8 Å². The zero-order valence-corrected chi connectivity index (χ0v) is 5.11. The summed E-state index contributed by atoms with van der Waals surface area (Å²) in [5, 5.41) is 11.4. The number of rotatable bonds is 2. The van der Waals surface area contributed by atoms with Crippen molar-refractivity contribution in [3.8, 4) is 5.40 Å². The Morgan fingerprint density at radius 1 is 1.62 bits per heavy atom. The van der Waals surface area contributed by atoms with E-state index in [4.69, 9.17) is 5.26 Å². The lowest BCUT2D eigenvalue weighted by Crippen LogP contribution is -1.37. The lowest BCUT2D eigenvalue weighted by Gasteiger charge is -1.61. The molecule has 0 unspecified atom stereocenters. The van der Waals surface area contributed by atoms with E-state index in [0.29, 0.717) is 0 Å². The number of nitriles is 1. The minimum absolute atomic E-state index is 1.04. The Balaban J connectivity index is 3.51. The molecule has 40 valence electrons. The van der Waals surface area contributed by atoms with Crippen LogP contribution in [0.15, 0.2) is 29.9 Å². The maximum absolute atomic E-state index is 7.97. The van der Waals surface area contributed by atoms with Crippen molar-refractivity contribution in [3.63, 3.8) is 0 Å². The molecule has 0 radical (unpaired) electrons.